The molecule has 17 heavy (non-hydrogen) atoms. The summed E-state index contributed by atoms with van der Waals surface area (Å²) in [4.78, 5) is 0. The standard InChI is InChI=1S/C16H19N/c1-12-7-9-15(10-8-12)14(3)17-16-6-4-5-13(2)11-16/h4-11,14,17H,1-3H3/t14-/m1/s1. The number of aryl methyl sites for hydroxylation is 2. The molecule has 0 saturated carbocycles. The first kappa shape index (κ1) is 11.7. The second-order valence-electron chi connectivity index (χ2n) is 4.65. The summed E-state index contributed by atoms with van der Waals surface area (Å²) in [6.45, 7) is 6.41. The van der Waals surface area contributed by atoms with E-state index in [1.807, 2.05) is 0 Å². The van der Waals surface area contributed by atoms with Crippen molar-refractivity contribution in [2.75, 3.05) is 5.32 Å². The Morgan fingerprint density at radius 2 is 1.59 bits per heavy atom. The van der Waals surface area contributed by atoms with Crippen molar-refractivity contribution in [2.24, 2.45) is 0 Å². The maximum Gasteiger partial charge on any atom is 0.0485 e. The summed E-state index contributed by atoms with van der Waals surface area (Å²) in [6.07, 6.45) is 0. The van der Waals surface area contributed by atoms with E-state index in [9.17, 15) is 0 Å². The SMILES string of the molecule is Cc1ccc([C@@H](C)Nc2cccc(C)c2)cc1. The highest BCUT2D eigenvalue weighted by atomic mass is 14.9. The van der Waals surface area contributed by atoms with Crippen LogP contribution in [0.4, 0.5) is 5.69 Å². The molecule has 0 amide bonds. The highest BCUT2D eigenvalue weighted by Crippen LogP contribution is 2.20. The van der Waals surface area contributed by atoms with Gasteiger partial charge in [0.15, 0.2) is 0 Å². The molecule has 0 spiro atoms. The van der Waals surface area contributed by atoms with Gasteiger partial charge in [0.25, 0.3) is 0 Å². The Bertz CT molecular complexity index is 485. The molecular weight excluding hydrogens is 206 g/mol. The fourth-order valence-corrected chi connectivity index (χ4v) is 1.92. The molecule has 0 saturated heterocycles. The van der Waals surface area contributed by atoms with Crippen molar-refractivity contribution < 1.29 is 0 Å². The van der Waals surface area contributed by atoms with E-state index < -0.39 is 0 Å². The molecule has 88 valence electrons. The highest BCUT2D eigenvalue weighted by molar-refractivity contribution is 5.47. The van der Waals surface area contributed by atoms with Crippen LogP contribution in [0.3, 0.4) is 0 Å². The molecule has 2 aromatic rings. The van der Waals surface area contributed by atoms with Crippen molar-refractivity contribution >= 4 is 5.69 Å². The summed E-state index contributed by atoms with van der Waals surface area (Å²) >= 11 is 0. The van der Waals surface area contributed by atoms with Gasteiger partial charge in [-0.3, -0.25) is 0 Å². The van der Waals surface area contributed by atoms with Crippen LogP contribution in [0.5, 0.6) is 0 Å². The molecule has 1 heteroatoms. The molecule has 1 N–H and O–H groups in total. The van der Waals surface area contributed by atoms with Gasteiger partial charge in [-0.15, -0.1) is 0 Å². The first-order valence-corrected chi connectivity index (χ1v) is 6.05. The maximum atomic E-state index is 3.52. The maximum absolute atomic E-state index is 3.52. The van der Waals surface area contributed by atoms with Crippen molar-refractivity contribution in [3.63, 3.8) is 0 Å². The summed E-state index contributed by atoms with van der Waals surface area (Å²) < 4.78 is 0. The first-order valence-electron chi connectivity index (χ1n) is 6.05. The van der Waals surface area contributed by atoms with Crippen molar-refractivity contribution in [3.05, 3.63) is 65.2 Å². The van der Waals surface area contributed by atoms with E-state index in [1.54, 1.807) is 0 Å². The Morgan fingerprint density at radius 1 is 0.882 bits per heavy atom. The van der Waals surface area contributed by atoms with Gasteiger partial charge in [-0.2, -0.15) is 0 Å². The lowest BCUT2D eigenvalue weighted by Crippen LogP contribution is -2.06. The summed E-state index contributed by atoms with van der Waals surface area (Å²) in [6, 6.07) is 17.5. The van der Waals surface area contributed by atoms with Crippen molar-refractivity contribution in [2.45, 2.75) is 26.8 Å². The zero-order valence-corrected chi connectivity index (χ0v) is 10.7. The lowest BCUT2D eigenvalue weighted by Gasteiger charge is -2.16. The Kier molecular flexibility index (Phi) is 3.48. The van der Waals surface area contributed by atoms with Gasteiger partial charge < -0.3 is 5.32 Å². The van der Waals surface area contributed by atoms with Crippen molar-refractivity contribution in [1.29, 1.82) is 0 Å². The van der Waals surface area contributed by atoms with Crippen LogP contribution in [0.2, 0.25) is 0 Å². The molecule has 0 heterocycles. The number of rotatable bonds is 3. The fourth-order valence-electron chi connectivity index (χ4n) is 1.92. The highest BCUT2D eigenvalue weighted by Gasteiger charge is 2.04. The predicted octanol–water partition coefficient (Wildman–Crippen LogP) is 4.48. The van der Waals surface area contributed by atoms with Gasteiger partial charge in [-0.1, -0.05) is 42.0 Å². The summed E-state index contributed by atoms with van der Waals surface area (Å²) in [5.41, 5.74) is 5.08. The molecular formula is C16H19N. The average Bonchev–Trinajstić information content (AvgIpc) is 2.29. The monoisotopic (exact) mass is 225 g/mol. The molecule has 0 radical (unpaired) electrons. The van der Waals surface area contributed by atoms with E-state index in [1.165, 1.54) is 22.4 Å². The molecule has 2 aromatic carbocycles. The Hall–Kier alpha value is -1.76. The summed E-state index contributed by atoms with van der Waals surface area (Å²) in [5.74, 6) is 0. The fraction of sp³-hybridized carbons (Fsp3) is 0.250. The minimum atomic E-state index is 0.331. The molecule has 0 bridgehead atoms. The molecule has 1 atom stereocenters. The van der Waals surface area contributed by atoms with E-state index in [2.05, 4.69) is 74.6 Å². The van der Waals surface area contributed by atoms with Crippen LogP contribution < -0.4 is 5.32 Å². The van der Waals surface area contributed by atoms with E-state index in [0.717, 1.165) is 0 Å². The van der Waals surface area contributed by atoms with E-state index in [0.29, 0.717) is 6.04 Å². The van der Waals surface area contributed by atoms with Gasteiger partial charge in [0.1, 0.15) is 0 Å². The van der Waals surface area contributed by atoms with E-state index in [-0.39, 0.29) is 0 Å². The van der Waals surface area contributed by atoms with Crippen LogP contribution in [0.15, 0.2) is 48.5 Å². The molecule has 0 aromatic heterocycles. The largest absolute Gasteiger partial charge is 0.379 e. The lowest BCUT2D eigenvalue weighted by atomic mass is 10.1. The lowest BCUT2D eigenvalue weighted by molar-refractivity contribution is 0.884. The topological polar surface area (TPSA) is 12.0 Å². The van der Waals surface area contributed by atoms with Crippen LogP contribution in [0.25, 0.3) is 0 Å². The van der Waals surface area contributed by atoms with Gasteiger partial charge in [-0.05, 0) is 44.0 Å². The molecule has 0 aliphatic carbocycles. The molecule has 0 aliphatic heterocycles. The number of benzene rings is 2. The zero-order chi connectivity index (χ0) is 12.3. The summed E-state index contributed by atoms with van der Waals surface area (Å²) in [5, 5.41) is 3.52. The number of hydrogen-bond donors (Lipinski definition) is 1. The second kappa shape index (κ2) is 5.05. The van der Waals surface area contributed by atoms with Gasteiger partial charge in [0, 0.05) is 11.7 Å². The van der Waals surface area contributed by atoms with E-state index >= 15 is 0 Å². The van der Waals surface area contributed by atoms with Crippen LogP contribution in [-0.2, 0) is 0 Å². The minimum absolute atomic E-state index is 0.331. The van der Waals surface area contributed by atoms with E-state index in [4.69, 9.17) is 0 Å². The van der Waals surface area contributed by atoms with Gasteiger partial charge >= 0.3 is 0 Å². The molecule has 2 rings (SSSR count). The third-order valence-corrected chi connectivity index (χ3v) is 2.98. The Labute approximate surface area is 103 Å². The number of anilines is 1. The molecule has 0 aliphatic rings. The molecule has 1 nitrogen and oxygen atoms in total. The van der Waals surface area contributed by atoms with Crippen molar-refractivity contribution in [1.82, 2.24) is 0 Å². The van der Waals surface area contributed by atoms with Crippen LogP contribution in [0, 0.1) is 13.8 Å². The average molecular weight is 225 g/mol. The zero-order valence-electron chi connectivity index (χ0n) is 10.7. The Morgan fingerprint density at radius 3 is 2.24 bits per heavy atom. The normalized spacial score (nSPS) is 12.2. The van der Waals surface area contributed by atoms with Crippen LogP contribution in [-0.4, -0.2) is 0 Å². The third-order valence-electron chi connectivity index (χ3n) is 2.98. The second-order valence-corrected chi connectivity index (χ2v) is 4.65. The number of hydrogen-bond acceptors (Lipinski definition) is 1. The molecule has 0 unspecified atom stereocenters. The molecule has 0 fully saturated rings. The van der Waals surface area contributed by atoms with Crippen molar-refractivity contribution in [3.8, 4) is 0 Å². The van der Waals surface area contributed by atoms with Gasteiger partial charge in [0.05, 0.1) is 0 Å². The smallest absolute Gasteiger partial charge is 0.0485 e. The van der Waals surface area contributed by atoms with Gasteiger partial charge in [0.2, 0.25) is 0 Å². The third kappa shape index (κ3) is 3.10. The summed E-state index contributed by atoms with van der Waals surface area (Å²) in [7, 11) is 0. The number of nitrogens with one attached hydrogen (secondary N) is 1. The van der Waals surface area contributed by atoms with Gasteiger partial charge in [-0.25, -0.2) is 0 Å². The van der Waals surface area contributed by atoms with Crippen LogP contribution >= 0.6 is 0 Å². The van der Waals surface area contributed by atoms with Crippen LogP contribution in [0.1, 0.15) is 29.7 Å². The quantitative estimate of drug-likeness (QED) is 0.812. The first-order chi connectivity index (χ1) is 8.15. The predicted molar refractivity (Wildman–Crippen MR) is 74.4 cm³/mol. The minimum Gasteiger partial charge on any atom is -0.379 e. The Balaban J connectivity index is 2.11.